The normalized spacial score (nSPS) is 10.6. The maximum absolute atomic E-state index is 11.7. The van der Waals surface area contributed by atoms with Gasteiger partial charge in [-0.1, -0.05) is 41.4 Å². The van der Waals surface area contributed by atoms with Crippen LogP contribution in [0.1, 0.15) is 30.9 Å². The van der Waals surface area contributed by atoms with E-state index in [2.05, 4.69) is 37.1 Å². The Morgan fingerprint density at radius 2 is 1.96 bits per heavy atom. The topological polar surface area (TPSA) is 82.6 Å². The first-order valence-corrected chi connectivity index (χ1v) is 9.53. The summed E-state index contributed by atoms with van der Waals surface area (Å²) in [6.07, 6.45) is 3.27. The highest BCUT2D eigenvalue weighted by Gasteiger charge is 2.11. The number of amides is 2. The number of carbonyl (C=O) groups excluding carboxylic acids is 2. The third-order valence-electron chi connectivity index (χ3n) is 3.70. The van der Waals surface area contributed by atoms with Gasteiger partial charge in [-0.15, -0.1) is 0 Å². The third kappa shape index (κ3) is 6.86. The van der Waals surface area contributed by atoms with Gasteiger partial charge in [0.05, 0.1) is 6.21 Å². The van der Waals surface area contributed by atoms with Crippen molar-refractivity contribution in [1.29, 1.82) is 0 Å². The number of nitrogens with one attached hydrogen (secondary N) is 3. The molecule has 0 aliphatic rings. The summed E-state index contributed by atoms with van der Waals surface area (Å²) in [5.74, 6) is -1.47. The van der Waals surface area contributed by atoms with E-state index in [1.807, 2.05) is 56.3 Å². The molecule has 0 bridgehead atoms. The van der Waals surface area contributed by atoms with Gasteiger partial charge in [-0.05, 0) is 49.2 Å². The fraction of sp³-hybridized carbons (Fsp3) is 0.250. The van der Waals surface area contributed by atoms with Crippen LogP contribution < -0.4 is 16.1 Å². The van der Waals surface area contributed by atoms with Crippen molar-refractivity contribution in [2.75, 3.05) is 11.9 Å². The van der Waals surface area contributed by atoms with Crippen molar-refractivity contribution in [3.8, 4) is 0 Å². The van der Waals surface area contributed by atoms with Gasteiger partial charge < -0.3 is 10.6 Å². The number of benzene rings is 2. The first kappa shape index (κ1) is 20.6. The summed E-state index contributed by atoms with van der Waals surface area (Å²) in [6.45, 7) is 4.51. The van der Waals surface area contributed by atoms with Crippen LogP contribution in [-0.4, -0.2) is 24.6 Å². The fourth-order valence-electron chi connectivity index (χ4n) is 2.30. The first-order chi connectivity index (χ1) is 13.0. The van der Waals surface area contributed by atoms with E-state index in [0.29, 0.717) is 6.54 Å². The molecule has 142 valence electrons. The molecule has 0 spiro atoms. The molecule has 0 aliphatic carbocycles. The lowest BCUT2D eigenvalue weighted by molar-refractivity contribution is -0.139. The Hall–Kier alpha value is -2.67. The van der Waals surface area contributed by atoms with E-state index in [-0.39, 0.29) is 0 Å². The van der Waals surface area contributed by atoms with Crippen LogP contribution in [0.15, 0.2) is 52.0 Å². The molecule has 6 nitrogen and oxygen atoms in total. The molecule has 2 rings (SSSR count). The van der Waals surface area contributed by atoms with Gasteiger partial charge in [-0.2, -0.15) is 5.10 Å². The number of aryl methyl sites for hydroxylation is 1. The molecule has 3 N–H and O–H groups in total. The monoisotopic (exact) mass is 430 g/mol. The summed E-state index contributed by atoms with van der Waals surface area (Å²) in [5, 5.41) is 9.78. The molecule has 0 heterocycles. The summed E-state index contributed by atoms with van der Waals surface area (Å²) in [7, 11) is 0. The SMILES string of the molecule is CCCCNC(=O)C(=O)N/N=C\c1cc(Br)ccc1Nc1cccc(C)c1. The van der Waals surface area contributed by atoms with E-state index < -0.39 is 11.8 Å². The second-order valence-corrected chi connectivity index (χ2v) is 6.95. The van der Waals surface area contributed by atoms with Crippen LogP contribution in [0.4, 0.5) is 11.4 Å². The number of anilines is 2. The van der Waals surface area contributed by atoms with E-state index in [1.165, 1.54) is 6.21 Å². The first-order valence-electron chi connectivity index (χ1n) is 8.74. The highest BCUT2D eigenvalue weighted by molar-refractivity contribution is 9.10. The molecule has 0 atom stereocenters. The quantitative estimate of drug-likeness (QED) is 0.270. The third-order valence-corrected chi connectivity index (χ3v) is 4.20. The number of halogens is 1. The maximum Gasteiger partial charge on any atom is 0.329 e. The number of hydrazone groups is 1. The lowest BCUT2D eigenvalue weighted by atomic mass is 10.1. The zero-order valence-corrected chi connectivity index (χ0v) is 17.0. The number of unbranched alkanes of at least 4 members (excludes halogenated alkanes) is 1. The molecule has 0 aromatic heterocycles. The van der Waals surface area contributed by atoms with Gasteiger partial charge in [0.2, 0.25) is 0 Å². The fourth-order valence-corrected chi connectivity index (χ4v) is 2.68. The van der Waals surface area contributed by atoms with Gasteiger partial charge in [0.1, 0.15) is 0 Å². The number of hydrogen-bond acceptors (Lipinski definition) is 4. The van der Waals surface area contributed by atoms with Crippen molar-refractivity contribution in [2.24, 2.45) is 5.10 Å². The molecule has 7 heteroatoms. The molecule has 2 aromatic rings. The molecule has 2 amide bonds. The minimum absolute atomic E-state index is 0.475. The summed E-state index contributed by atoms with van der Waals surface area (Å²) in [5.41, 5.74) is 5.94. The zero-order chi connectivity index (χ0) is 19.6. The van der Waals surface area contributed by atoms with Gasteiger partial charge in [0, 0.05) is 28.0 Å². The van der Waals surface area contributed by atoms with Gasteiger partial charge in [0.15, 0.2) is 0 Å². The summed E-state index contributed by atoms with van der Waals surface area (Å²) in [4.78, 5) is 23.4. The Labute approximate surface area is 167 Å². The number of nitrogens with zero attached hydrogens (tertiary/aromatic N) is 1. The predicted molar refractivity (Wildman–Crippen MR) is 112 cm³/mol. The van der Waals surface area contributed by atoms with E-state index in [0.717, 1.165) is 39.8 Å². The van der Waals surface area contributed by atoms with Gasteiger partial charge in [-0.25, -0.2) is 5.43 Å². The lowest BCUT2D eigenvalue weighted by Gasteiger charge is -2.10. The van der Waals surface area contributed by atoms with Gasteiger partial charge >= 0.3 is 11.8 Å². The molecule has 0 saturated heterocycles. The van der Waals surface area contributed by atoms with Crippen molar-refractivity contribution in [3.63, 3.8) is 0 Å². The Bertz CT molecular complexity index is 836. The van der Waals surface area contributed by atoms with E-state index in [1.54, 1.807) is 0 Å². The van der Waals surface area contributed by atoms with Gasteiger partial charge in [0.25, 0.3) is 0 Å². The average molecular weight is 431 g/mol. The van der Waals surface area contributed by atoms with Crippen LogP contribution in [0, 0.1) is 6.92 Å². The van der Waals surface area contributed by atoms with Crippen LogP contribution >= 0.6 is 15.9 Å². The Morgan fingerprint density at radius 3 is 2.70 bits per heavy atom. The number of carbonyl (C=O) groups is 2. The van der Waals surface area contributed by atoms with Gasteiger partial charge in [-0.3, -0.25) is 9.59 Å². The van der Waals surface area contributed by atoms with Crippen molar-refractivity contribution in [3.05, 3.63) is 58.1 Å². The Kier molecular flexibility index (Phi) is 8.00. The Balaban J connectivity index is 2.04. The maximum atomic E-state index is 11.7. The van der Waals surface area contributed by atoms with Crippen molar-refractivity contribution >= 4 is 45.3 Å². The van der Waals surface area contributed by atoms with Crippen molar-refractivity contribution < 1.29 is 9.59 Å². The van der Waals surface area contributed by atoms with Crippen LogP contribution in [-0.2, 0) is 9.59 Å². The second kappa shape index (κ2) is 10.5. The van der Waals surface area contributed by atoms with Crippen LogP contribution in [0.25, 0.3) is 0 Å². The molecule has 0 fully saturated rings. The average Bonchev–Trinajstić information content (AvgIpc) is 2.64. The van der Waals surface area contributed by atoms with Crippen molar-refractivity contribution in [1.82, 2.24) is 10.7 Å². The van der Waals surface area contributed by atoms with E-state index >= 15 is 0 Å². The predicted octanol–water partition coefficient (Wildman–Crippen LogP) is 3.87. The standard InChI is InChI=1S/C20H23BrN4O2/c1-3-4-10-22-19(26)20(27)25-23-13-15-12-16(21)8-9-18(15)24-17-7-5-6-14(2)11-17/h5-9,11-13,24H,3-4,10H2,1-2H3,(H,22,26)(H,25,27)/b23-13-. The van der Waals surface area contributed by atoms with Crippen LogP contribution in [0.5, 0.6) is 0 Å². The highest BCUT2D eigenvalue weighted by Crippen LogP contribution is 2.24. The Morgan fingerprint density at radius 1 is 1.15 bits per heavy atom. The molecular weight excluding hydrogens is 408 g/mol. The van der Waals surface area contributed by atoms with E-state index in [9.17, 15) is 9.59 Å². The molecule has 0 unspecified atom stereocenters. The molecule has 2 aromatic carbocycles. The molecule has 0 radical (unpaired) electrons. The summed E-state index contributed by atoms with van der Waals surface area (Å²) >= 11 is 3.43. The molecular formula is C20H23BrN4O2. The minimum atomic E-state index is -0.787. The smallest absolute Gasteiger partial charge is 0.329 e. The second-order valence-electron chi connectivity index (χ2n) is 6.03. The molecule has 0 aliphatic heterocycles. The van der Waals surface area contributed by atoms with Crippen LogP contribution in [0.3, 0.4) is 0 Å². The highest BCUT2D eigenvalue weighted by atomic mass is 79.9. The number of rotatable bonds is 7. The van der Waals surface area contributed by atoms with Crippen molar-refractivity contribution in [2.45, 2.75) is 26.7 Å². The largest absolute Gasteiger partial charge is 0.355 e. The number of hydrogen-bond donors (Lipinski definition) is 3. The van der Waals surface area contributed by atoms with Crippen LogP contribution in [0.2, 0.25) is 0 Å². The minimum Gasteiger partial charge on any atom is -0.355 e. The molecule has 27 heavy (non-hydrogen) atoms. The zero-order valence-electron chi connectivity index (χ0n) is 15.4. The molecule has 0 saturated carbocycles. The lowest BCUT2D eigenvalue weighted by Crippen LogP contribution is -2.38. The summed E-state index contributed by atoms with van der Waals surface area (Å²) < 4.78 is 0.877. The van der Waals surface area contributed by atoms with E-state index in [4.69, 9.17) is 0 Å². The summed E-state index contributed by atoms with van der Waals surface area (Å²) in [6, 6.07) is 13.7.